The second kappa shape index (κ2) is 6.95. The van der Waals surface area contributed by atoms with Gasteiger partial charge in [-0.1, -0.05) is 11.8 Å². The van der Waals surface area contributed by atoms with Crippen molar-refractivity contribution in [3.63, 3.8) is 0 Å². The lowest BCUT2D eigenvalue weighted by Gasteiger charge is -2.20. The van der Waals surface area contributed by atoms with Gasteiger partial charge in [-0.2, -0.15) is 0 Å². The normalized spacial score (nSPS) is 12.7. The van der Waals surface area contributed by atoms with Crippen LogP contribution in [0.5, 0.6) is 0 Å². The molecule has 1 unspecified atom stereocenters. The molecule has 10 heteroatoms. The van der Waals surface area contributed by atoms with Gasteiger partial charge < -0.3 is 5.32 Å². The van der Waals surface area contributed by atoms with Gasteiger partial charge in [0, 0.05) is 17.8 Å². The summed E-state index contributed by atoms with van der Waals surface area (Å²) in [6.07, 6.45) is 0. The number of non-ortho nitro benzene ring substituents is 1. The molecule has 0 radical (unpaired) electrons. The van der Waals surface area contributed by atoms with E-state index in [0.717, 1.165) is 0 Å². The predicted molar refractivity (Wildman–Crippen MR) is 89.9 cm³/mol. The number of benzene rings is 1. The average molecular weight is 350 g/mol. The molecule has 1 aromatic heterocycles. The first-order valence-electron chi connectivity index (χ1n) is 7.19. The molecule has 9 nitrogen and oxygen atoms in total. The standard InChI is InChI=1S/C14H18N6O3S/c1-9(24-13-16-17-18-19(13)14(2,3)4)12(21)15-10-5-7-11(8-6-10)20(22)23/h5-9H,1-4H3,(H,15,21). The lowest BCUT2D eigenvalue weighted by atomic mass is 10.1. The first-order valence-corrected chi connectivity index (χ1v) is 8.07. The van der Waals surface area contributed by atoms with Gasteiger partial charge in [0.05, 0.1) is 15.7 Å². The number of carbonyl (C=O) groups is 1. The molecule has 0 fully saturated rings. The monoisotopic (exact) mass is 350 g/mol. The number of amides is 1. The van der Waals surface area contributed by atoms with E-state index in [2.05, 4.69) is 20.8 Å². The predicted octanol–water partition coefficient (Wildman–Crippen LogP) is 2.46. The van der Waals surface area contributed by atoms with Crippen LogP contribution >= 0.6 is 11.8 Å². The highest BCUT2D eigenvalue weighted by Crippen LogP contribution is 2.26. The summed E-state index contributed by atoms with van der Waals surface area (Å²) in [4.78, 5) is 22.4. The molecule has 0 aliphatic carbocycles. The van der Waals surface area contributed by atoms with Gasteiger partial charge in [0.15, 0.2) is 0 Å². The molecule has 0 spiro atoms. The Hall–Kier alpha value is -2.49. The molecule has 1 atom stereocenters. The number of nitro benzene ring substituents is 1. The van der Waals surface area contributed by atoms with Crippen LogP contribution in [0, 0.1) is 10.1 Å². The maximum Gasteiger partial charge on any atom is 0.269 e. The summed E-state index contributed by atoms with van der Waals surface area (Å²) in [6, 6.07) is 5.67. The van der Waals surface area contributed by atoms with Crippen LogP contribution in [0.15, 0.2) is 29.4 Å². The molecule has 1 aromatic carbocycles. The number of thioether (sulfide) groups is 1. The van der Waals surface area contributed by atoms with E-state index in [1.807, 2.05) is 20.8 Å². The second-order valence-corrected chi connectivity index (χ2v) is 7.41. The number of hydrogen-bond acceptors (Lipinski definition) is 7. The molecular formula is C14H18N6O3S. The summed E-state index contributed by atoms with van der Waals surface area (Å²) in [6.45, 7) is 7.65. The van der Waals surface area contributed by atoms with Crippen molar-refractivity contribution < 1.29 is 9.72 Å². The van der Waals surface area contributed by atoms with Crippen molar-refractivity contribution in [2.24, 2.45) is 0 Å². The van der Waals surface area contributed by atoms with Gasteiger partial charge in [-0.25, -0.2) is 4.68 Å². The van der Waals surface area contributed by atoms with Gasteiger partial charge in [0.2, 0.25) is 11.1 Å². The first kappa shape index (κ1) is 17.9. The number of anilines is 1. The largest absolute Gasteiger partial charge is 0.325 e. The number of nitrogens with one attached hydrogen (secondary N) is 1. The van der Waals surface area contributed by atoms with Gasteiger partial charge in [0.25, 0.3) is 5.69 Å². The van der Waals surface area contributed by atoms with E-state index in [0.29, 0.717) is 10.8 Å². The quantitative estimate of drug-likeness (QED) is 0.500. The van der Waals surface area contributed by atoms with Crippen LogP contribution in [0.2, 0.25) is 0 Å². The molecule has 0 aliphatic heterocycles. The van der Waals surface area contributed by atoms with Crippen molar-refractivity contribution >= 4 is 29.0 Å². The van der Waals surface area contributed by atoms with Crippen molar-refractivity contribution in [1.29, 1.82) is 0 Å². The fourth-order valence-electron chi connectivity index (χ4n) is 1.80. The molecular weight excluding hydrogens is 332 g/mol. The Bertz CT molecular complexity index is 738. The number of rotatable bonds is 5. The Morgan fingerprint density at radius 3 is 2.50 bits per heavy atom. The molecule has 128 valence electrons. The summed E-state index contributed by atoms with van der Waals surface area (Å²) in [5.41, 5.74) is 0.175. The maximum absolute atomic E-state index is 12.3. The molecule has 1 heterocycles. The zero-order chi connectivity index (χ0) is 17.9. The van der Waals surface area contributed by atoms with Crippen LogP contribution in [-0.2, 0) is 10.3 Å². The van der Waals surface area contributed by atoms with E-state index in [1.54, 1.807) is 11.6 Å². The first-order chi connectivity index (χ1) is 11.2. The van der Waals surface area contributed by atoms with Crippen LogP contribution in [0.25, 0.3) is 0 Å². The summed E-state index contributed by atoms with van der Waals surface area (Å²) >= 11 is 1.25. The van der Waals surface area contributed by atoms with Gasteiger partial charge in [-0.15, -0.1) is 5.10 Å². The summed E-state index contributed by atoms with van der Waals surface area (Å²) in [7, 11) is 0. The number of aromatic nitrogens is 4. The topological polar surface area (TPSA) is 116 Å². The number of hydrogen-bond donors (Lipinski definition) is 1. The zero-order valence-corrected chi connectivity index (χ0v) is 14.6. The van der Waals surface area contributed by atoms with Crippen LogP contribution in [0.4, 0.5) is 11.4 Å². The highest BCUT2D eigenvalue weighted by atomic mass is 32.2. The molecule has 2 rings (SSSR count). The van der Waals surface area contributed by atoms with Crippen LogP contribution in [0.1, 0.15) is 27.7 Å². The van der Waals surface area contributed by atoms with Crippen molar-refractivity contribution in [1.82, 2.24) is 20.2 Å². The third kappa shape index (κ3) is 4.28. The Morgan fingerprint density at radius 1 is 1.33 bits per heavy atom. The second-order valence-electron chi connectivity index (χ2n) is 6.10. The molecule has 1 amide bonds. The van der Waals surface area contributed by atoms with Crippen molar-refractivity contribution in [3.05, 3.63) is 34.4 Å². The minimum absolute atomic E-state index is 0.0280. The van der Waals surface area contributed by atoms with Crippen LogP contribution in [-0.4, -0.2) is 36.3 Å². The van der Waals surface area contributed by atoms with E-state index in [9.17, 15) is 14.9 Å². The van der Waals surface area contributed by atoms with E-state index in [-0.39, 0.29) is 17.1 Å². The minimum Gasteiger partial charge on any atom is -0.325 e. The molecule has 1 N–H and O–H groups in total. The smallest absolute Gasteiger partial charge is 0.269 e. The van der Waals surface area contributed by atoms with E-state index in [4.69, 9.17) is 0 Å². The van der Waals surface area contributed by atoms with E-state index < -0.39 is 10.2 Å². The van der Waals surface area contributed by atoms with Gasteiger partial charge >= 0.3 is 0 Å². The Labute approximate surface area is 143 Å². The van der Waals surface area contributed by atoms with E-state index in [1.165, 1.54) is 36.0 Å². The number of tetrazole rings is 1. The Kier molecular flexibility index (Phi) is 5.17. The maximum atomic E-state index is 12.3. The number of nitro groups is 1. The third-order valence-electron chi connectivity index (χ3n) is 3.07. The highest BCUT2D eigenvalue weighted by Gasteiger charge is 2.24. The number of nitrogens with zero attached hydrogens (tertiary/aromatic N) is 5. The summed E-state index contributed by atoms with van der Waals surface area (Å²) in [5, 5.41) is 25.0. The SMILES string of the molecule is CC(Sc1nnnn1C(C)(C)C)C(=O)Nc1ccc([N+](=O)[O-])cc1. The molecule has 24 heavy (non-hydrogen) atoms. The molecule has 0 saturated heterocycles. The van der Waals surface area contributed by atoms with Crippen molar-refractivity contribution in [3.8, 4) is 0 Å². The zero-order valence-electron chi connectivity index (χ0n) is 13.8. The lowest BCUT2D eigenvalue weighted by Crippen LogP contribution is -2.27. The fourth-order valence-corrected chi connectivity index (χ4v) is 2.77. The minimum atomic E-state index is -0.490. The van der Waals surface area contributed by atoms with Gasteiger partial charge in [-0.3, -0.25) is 14.9 Å². The average Bonchev–Trinajstić information content (AvgIpc) is 2.96. The Balaban J connectivity index is 2.02. The highest BCUT2D eigenvalue weighted by molar-refractivity contribution is 8.00. The lowest BCUT2D eigenvalue weighted by molar-refractivity contribution is -0.384. The summed E-state index contributed by atoms with van der Waals surface area (Å²) in [5.74, 6) is -0.239. The molecule has 0 saturated carbocycles. The molecule has 0 bridgehead atoms. The van der Waals surface area contributed by atoms with Gasteiger partial charge in [-0.05, 0) is 50.3 Å². The van der Waals surface area contributed by atoms with Crippen molar-refractivity contribution in [2.45, 2.75) is 43.6 Å². The van der Waals surface area contributed by atoms with Gasteiger partial charge in [0.1, 0.15) is 0 Å². The molecule has 0 aliphatic rings. The van der Waals surface area contributed by atoms with Crippen LogP contribution in [0.3, 0.4) is 0 Å². The fraction of sp³-hybridized carbons (Fsp3) is 0.429. The van der Waals surface area contributed by atoms with Crippen LogP contribution < -0.4 is 5.32 Å². The van der Waals surface area contributed by atoms with Crippen molar-refractivity contribution in [2.75, 3.05) is 5.32 Å². The third-order valence-corrected chi connectivity index (χ3v) is 4.11. The summed E-state index contributed by atoms with van der Waals surface area (Å²) < 4.78 is 1.66. The number of carbonyl (C=O) groups excluding carboxylic acids is 1. The van der Waals surface area contributed by atoms with E-state index >= 15 is 0 Å². The Morgan fingerprint density at radius 2 is 1.96 bits per heavy atom. The molecule has 2 aromatic rings.